The van der Waals surface area contributed by atoms with E-state index in [2.05, 4.69) is 10.6 Å². The summed E-state index contributed by atoms with van der Waals surface area (Å²) >= 11 is 5.73. The van der Waals surface area contributed by atoms with Crippen LogP contribution in [0.2, 0.25) is 5.02 Å². The molecule has 3 rings (SSSR count). The fourth-order valence-corrected chi connectivity index (χ4v) is 3.05. The monoisotopic (exact) mass is 311 g/mol. The Morgan fingerprint density at radius 1 is 1.29 bits per heavy atom. The van der Waals surface area contributed by atoms with Gasteiger partial charge in [0.1, 0.15) is 11.4 Å². The molecular weight excluding hydrogens is 297 g/mol. The number of hydrogen-bond acceptors (Lipinski definition) is 3. The molecule has 112 valence electrons. The molecule has 21 heavy (non-hydrogen) atoms. The molecule has 0 radical (unpaired) electrons. The Balaban J connectivity index is 1.84. The Bertz CT molecular complexity index is 602. The summed E-state index contributed by atoms with van der Waals surface area (Å²) in [4.78, 5) is 25.7. The van der Waals surface area contributed by atoms with Gasteiger partial charge in [0.25, 0.3) is 5.91 Å². The Morgan fingerprint density at radius 2 is 2.00 bits per heavy atom. The third-order valence-electron chi connectivity index (χ3n) is 4.06. The van der Waals surface area contributed by atoms with Gasteiger partial charge in [-0.15, -0.1) is 0 Å². The highest BCUT2D eigenvalue weighted by molar-refractivity contribution is 6.30. The van der Waals surface area contributed by atoms with E-state index in [-0.39, 0.29) is 23.0 Å². The van der Waals surface area contributed by atoms with Gasteiger partial charge in [-0.2, -0.15) is 0 Å². The molecule has 2 N–H and O–H groups in total. The van der Waals surface area contributed by atoms with Crippen LogP contribution in [0.15, 0.2) is 18.2 Å². The highest BCUT2D eigenvalue weighted by Crippen LogP contribution is 2.29. The molecule has 5 nitrogen and oxygen atoms in total. The molecule has 1 aromatic rings. The van der Waals surface area contributed by atoms with E-state index in [1.54, 1.807) is 6.07 Å². The van der Waals surface area contributed by atoms with Crippen molar-refractivity contribution in [2.75, 3.05) is 13.1 Å². The van der Waals surface area contributed by atoms with Crippen LogP contribution in [0.5, 0.6) is 0 Å². The maximum Gasteiger partial charge on any atom is 0.325 e. The minimum absolute atomic E-state index is 0.0175. The molecular formula is C14H15ClFN3O2. The van der Waals surface area contributed by atoms with E-state index in [0.29, 0.717) is 25.9 Å². The molecule has 2 fully saturated rings. The molecule has 2 saturated heterocycles. The number of amides is 3. The summed E-state index contributed by atoms with van der Waals surface area (Å²) in [5.41, 5.74) is -0.603. The first-order valence-electron chi connectivity index (χ1n) is 6.81. The minimum atomic E-state index is -0.836. The number of hydrogen-bond donors (Lipinski definition) is 2. The summed E-state index contributed by atoms with van der Waals surface area (Å²) in [6.45, 7) is 1.24. The largest absolute Gasteiger partial charge is 0.325 e. The van der Waals surface area contributed by atoms with E-state index in [0.717, 1.165) is 4.90 Å². The number of carbonyl (C=O) groups is 2. The molecule has 0 saturated carbocycles. The van der Waals surface area contributed by atoms with Crippen LogP contribution in [0.4, 0.5) is 9.18 Å². The fourth-order valence-electron chi connectivity index (χ4n) is 2.85. The first kappa shape index (κ1) is 14.3. The predicted molar refractivity (Wildman–Crippen MR) is 75.3 cm³/mol. The van der Waals surface area contributed by atoms with E-state index in [4.69, 9.17) is 11.6 Å². The summed E-state index contributed by atoms with van der Waals surface area (Å²) in [6.07, 6.45) is 1.10. The number of halogens is 2. The number of carbonyl (C=O) groups excluding carboxylic acids is 2. The molecule has 0 unspecified atom stereocenters. The average Bonchev–Trinajstić information content (AvgIpc) is 2.69. The number of benzene rings is 1. The molecule has 2 aliphatic rings. The lowest BCUT2D eigenvalue weighted by Gasteiger charge is -2.31. The molecule has 7 heteroatoms. The van der Waals surface area contributed by atoms with E-state index < -0.39 is 17.4 Å². The predicted octanol–water partition coefficient (Wildman–Crippen LogP) is 1.65. The van der Waals surface area contributed by atoms with Crippen LogP contribution in [0, 0.1) is 5.82 Å². The van der Waals surface area contributed by atoms with E-state index in [1.165, 1.54) is 12.1 Å². The van der Waals surface area contributed by atoms with Gasteiger partial charge in [-0.3, -0.25) is 9.69 Å². The van der Waals surface area contributed by atoms with Gasteiger partial charge in [0.2, 0.25) is 0 Å². The van der Waals surface area contributed by atoms with Gasteiger partial charge in [-0.05, 0) is 32.0 Å². The highest BCUT2D eigenvalue weighted by Gasteiger charge is 2.51. The second kappa shape index (κ2) is 5.27. The zero-order chi connectivity index (χ0) is 15.0. The van der Waals surface area contributed by atoms with E-state index >= 15 is 0 Å². The van der Waals surface area contributed by atoms with Crippen molar-refractivity contribution in [3.8, 4) is 0 Å². The number of nitrogens with zero attached hydrogens (tertiary/aromatic N) is 1. The van der Waals surface area contributed by atoms with Crippen molar-refractivity contribution in [1.82, 2.24) is 15.5 Å². The van der Waals surface area contributed by atoms with E-state index in [1.807, 2.05) is 0 Å². The van der Waals surface area contributed by atoms with E-state index in [9.17, 15) is 14.0 Å². The SMILES string of the molecule is O=C1NC2(CCNCC2)C(=O)N1Cc1cccc(Cl)c1F. The number of piperidine rings is 1. The van der Waals surface area contributed by atoms with Crippen molar-refractivity contribution in [1.29, 1.82) is 0 Å². The number of nitrogens with one attached hydrogen (secondary N) is 2. The number of rotatable bonds is 2. The fraction of sp³-hybridized carbons (Fsp3) is 0.429. The normalized spacial score (nSPS) is 21.0. The maximum absolute atomic E-state index is 13.9. The molecule has 0 atom stereocenters. The Morgan fingerprint density at radius 3 is 2.71 bits per heavy atom. The topological polar surface area (TPSA) is 61.4 Å². The van der Waals surface area contributed by atoms with Gasteiger partial charge in [-0.25, -0.2) is 9.18 Å². The van der Waals surface area contributed by atoms with Crippen molar-refractivity contribution < 1.29 is 14.0 Å². The van der Waals surface area contributed by atoms with Crippen molar-refractivity contribution >= 4 is 23.5 Å². The third-order valence-corrected chi connectivity index (χ3v) is 4.35. The standard InChI is InChI=1S/C14H15ClFN3O2/c15-10-3-1-2-9(11(10)16)8-19-12(20)14(18-13(19)21)4-6-17-7-5-14/h1-3,17H,4-8H2,(H,18,21). The summed E-state index contributed by atoms with van der Waals surface area (Å²) < 4.78 is 13.9. The Hall–Kier alpha value is -1.66. The Kier molecular flexibility index (Phi) is 3.59. The lowest BCUT2D eigenvalue weighted by Crippen LogP contribution is -2.53. The average molecular weight is 312 g/mol. The molecule has 0 aromatic heterocycles. The van der Waals surface area contributed by atoms with Crippen LogP contribution in [-0.4, -0.2) is 35.5 Å². The van der Waals surface area contributed by atoms with Gasteiger partial charge in [-0.1, -0.05) is 23.7 Å². The van der Waals surface area contributed by atoms with Crippen LogP contribution in [0.25, 0.3) is 0 Å². The van der Waals surface area contributed by atoms with Crippen molar-refractivity contribution in [3.05, 3.63) is 34.6 Å². The van der Waals surface area contributed by atoms with Crippen LogP contribution in [0.3, 0.4) is 0 Å². The molecule has 0 bridgehead atoms. The van der Waals surface area contributed by atoms with Gasteiger partial charge < -0.3 is 10.6 Å². The van der Waals surface area contributed by atoms with Crippen LogP contribution in [-0.2, 0) is 11.3 Å². The second-order valence-electron chi connectivity index (χ2n) is 5.37. The first-order chi connectivity index (χ1) is 10.0. The molecule has 2 aliphatic heterocycles. The quantitative estimate of drug-likeness (QED) is 0.817. The summed E-state index contributed by atoms with van der Waals surface area (Å²) in [7, 11) is 0. The minimum Gasteiger partial charge on any atom is -0.323 e. The Labute approximate surface area is 126 Å². The molecule has 1 spiro atoms. The van der Waals surface area contributed by atoms with Crippen molar-refractivity contribution in [2.45, 2.75) is 24.9 Å². The lowest BCUT2D eigenvalue weighted by molar-refractivity contribution is -0.132. The number of urea groups is 1. The van der Waals surface area contributed by atoms with Crippen molar-refractivity contribution in [2.24, 2.45) is 0 Å². The third kappa shape index (κ3) is 2.38. The maximum atomic E-state index is 13.9. The van der Waals surface area contributed by atoms with Crippen LogP contribution in [0.1, 0.15) is 18.4 Å². The van der Waals surface area contributed by atoms with Gasteiger partial charge in [0.15, 0.2) is 0 Å². The zero-order valence-electron chi connectivity index (χ0n) is 11.3. The molecule has 3 amide bonds. The van der Waals surface area contributed by atoms with Gasteiger partial charge >= 0.3 is 6.03 Å². The molecule has 2 heterocycles. The number of imide groups is 1. The van der Waals surface area contributed by atoms with Gasteiger partial charge in [0, 0.05) is 5.56 Å². The summed E-state index contributed by atoms with van der Waals surface area (Å²) in [5.74, 6) is -0.876. The van der Waals surface area contributed by atoms with Crippen molar-refractivity contribution in [3.63, 3.8) is 0 Å². The first-order valence-corrected chi connectivity index (χ1v) is 7.19. The second-order valence-corrected chi connectivity index (χ2v) is 5.77. The highest BCUT2D eigenvalue weighted by atomic mass is 35.5. The van der Waals surface area contributed by atoms with Gasteiger partial charge in [0.05, 0.1) is 11.6 Å². The summed E-state index contributed by atoms with van der Waals surface area (Å²) in [5, 5.41) is 5.90. The summed E-state index contributed by atoms with van der Waals surface area (Å²) in [6, 6.07) is 4.08. The van der Waals surface area contributed by atoms with Crippen LogP contribution >= 0.6 is 11.6 Å². The smallest absolute Gasteiger partial charge is 0.323 e. The van der Waals surface area contributed by atoms with Crippen LogP contribution < -0.4 is 10.6 Å². The lowest BCUT2D eigenvalue weighted by atomic mass is 9.88. The molecule has 0 aliphatic carbocycles. The molecule has 1 aromatic carbocycles. The zero-order valence-corrected chi connectivity index (χ0v) is 12.0.